The van der Waals surface area contributed by atoms with Crippen molar-refractivity contribution < 1.29 is 4.42 Å². The van der Waals surface area contributed by atoms with E-state index in [9.17, 15) is 0 Å². The molecule has 116 valence electrons. The van der Waals surface area contributed by atoms with E-state index in [0.29, 0.717) is 11.8 Å². The van der Waals surface area contributed by atoms with Crippen LogP contribution >= 0.6 is 11.6 Å². The Bertz CT molecular complexity index is 856. The largest absolute Gasteiger partial charge is 0.440 e. The average Bonchev–Trinajstić information content (AvgIpc) is 2.98. The molecule has 4 rings (SSSR count). The predicted molar refractivity (Wildman–Crippen MR) is 90.7 cm³/mol. The van der Waals surface area contributed by atoms with E-state index in [-0.39, 0.29) is 0 Å². The number of hydrogen-bond donors (Lipinski definition) is 0. The zero-order chi connectivity index (χ0) is 15.8. The molecule has 1 atom stereocenters. The third-order valence-corrected chi connectivity index (χ3v) is 4.71. The number of pyridine rings is 1. The van der Waals surface area contributed by atoms with Crippen LogP contribution in [0.5, 0.6) is 0 Å². The van der Waals surface area contributed by atoms with E-state index in [2.05, 4.69) is 17.1 Å². The summed E-state index contributed by atoms with van der Waals surface area (Å²) in [4.78, 5) is 9.12. The number of fused-ring (bicyclic) bond motifs is 1. The lowest BCUT2D eigenvalue weighted by atomic mass is 9.85. The SMILES string of the molecule is Cc1cccnc1-c1nc2c(o1)CCC(c1cccc(Cl)c1)C2. The molecule has 2 heterocycles. The van der Waals surface area contributed by atoms with Crippen LogP contribution in [0.3, 0.4) is 0 Å². The number of nitrogens with zero attached hydrogens (tertiary/aromatic N) is 2. The van der Waals surface area contributed by atoms with Crippen LogP contribution in [-0.2, 0) is 12.8 Å². The maximum atomic E-state index is 6.12. The highest BCUT2D eigenvalue weighted by atomic mass is 35.5. The van der Waals surface area contributed by atoms with Gasteiger partial charge in [0.05, 0.1) is 5.69 Å². The second-order valence-corrected chi connectivity index (χ2v) is 6.49. The van der Waals surface area contributed by atoms with E-state index in [1.165, 1.54) is 5.56 Å². The van der Waals surface area contributed by atoms with E-state index in [1.807, 2.05) is 31.2 Å². The van der Waals surface area contributed by atoms with Gasteiger partial charge in [-0.1, -0.05) is 29.8 Å². The van der Waals surface area contributed by atoms with E-state index >= 15 is 0 Å². The molecular formula is C19H17ClN2O. The number of halogens is 1. The fourth-order valence-corrected chi connectivity index (χ4v) is 3.43. The highest BCUT2D eigenvalue weighted by Gasteiger charge is 2.26. The fraction of sp³-hybridized carbons (Fsp3) is 0.263. The number of aryl methyl sites for hydroxylation is 2. The van der Waals surface area contributed by atoms with Crippen LogP contribution in [-0.4, -0.2) is 9.97 Å². The molecule has 2 aromatic heterocycles. The standard InChI is InChI=1S/C19H17ClN2O/c1-12-4-3-9-21-18(12)19-22-16-11-14(7-8-17(16)23-19)13-5-2-6-15(20)10-13/h2-6,9-10,14H,7-8,11H2,1H3. The molecule has 0 bridgehead atoms. The predicted octanol–water partition coefficient (Wildman–Crippen LogP) is 4.97. The van der Waals surface area contributed by atoms with Crippen molar-refractivity contribution >= 4 is 11.6 Å². The Morgan fingerprint density at radius 2 is 2.13 bits per heavy atom. The van der Waals surface area contributed by atoms with Crippen molar-refractivity contribution in [3.63, 3.8) is 0 Å². The minimum atomic E-state index is 0.448. The monoisotopic (exact) mass is 324 g/mol. The van der Waals surface area contributed by atoms with Gasteiger partial charge in [-0.3, -0.25) is 4.98 Å². The molecule has 1 unspecified atom stereocenters. The van der Waals surface area contributed by atoms with Gasteiger partial charge in [0.1, 0.15) is 11.5 Å². The van der Waals surface area contributed by atoms with Crippen LogP contribution in [0.4, 0.5) is 0 Å². The second-order valence-electron chi connectivity index (χ2n) is 6.05. The summed E-state index contributed by atoms with van der Waals surface area (Å²) >= 11 is 6.12. The van der Waals surface area contributed by atoms with Gasteiger partial charge in [-0.2, -0.15) is 0 Å². The van der Waals surface area contributed by atoms with Gasteiger partial charge in [0, 0.05) is 24.1 Å². The van der Waals surface area contributed by atoms with Crippen LogP contribution in [0.2, 0.25) is 5.02 Å². The fourth-order valence-electron chi connectivity index (χ4n) is 3.23. The first-order valence-electron chi connectivity index (χ1n) is 7.87. The normalized spacial score (nSPS) is 17.0. The Balaban J connectivity index is 1.65. The number of aromatic nitrogens is 2. The van der Waals surface area contributed by atoms with Crippen LogP contribution in [0.1, 0.15) is 34.9 Å². The van der Waals surface area contributed by atoms with Crippen molar-refractivity contribution in [3.8, 4) is 11.6 Å². The lowest BCUT2D eigenvalue weighted by molar-refractivity contribution is 0.464. The van der Waals surface area contributed by atoms with Gasteiger partial charge in [0.2, 0.25) is 5.89 Å². The summed E-state index contributed by atoms with van der Waals surface area (Å²) in [5.41, 5.74) is 4.25. The van der Waals surface area contributed by atoms with Crippen molar-refractivity contribution in [1.82, 2.24) is 9.97 Å². The quantitative estimate of drug-likeness (QED) is 0.668. The summed E-state index contributed by atoms with van der Waals surface area (Å²) in [6.45, 7) is 2.03. The third kappa shape index (κ3) is 2.77. The topological polar surface area (TPSA) is 38.9 Å². The van der Waals surface area contributed by atoms with E-state index in [0.717, 1.165) is 47.0 Å². The smallest absolute Gasteiger partial charge is 0.245 e. The molecule has 3 aromatic rings. The van der Waals surface area contributed by atoms with Gasteiger partial charge < -0.3 is 4.42 Å². The van der Waals surface area contributed by atoms with Crippen molar-refractivity contribution in [3.05, 3.63) is 70.2 Å². The van der Waals surface area contributed by atoms with E-state index < -0.39 is 0 Å². The highest BCUT2D eigenvalue weighted by Crippen LogP contribution is 2.35. The maximum absolute atomic E-state index is 6.12. The second kappa shape index (κ2) is 5.82. The number of benzene rings is 1. The zero-order valence-electron chi connectivity index (χ0n) is 12.9. The first-order valence-corrected chi connectivity index (χ1v) is 8.24. The Morgan fingerprint density at radius 3 is 2.96 bits per heavy atom. The Hall–Kier alpha value is -2.13. The summed E-state index contributed by atoms with van der Waals surface area (Å²) in [7, 11) is 0. The Kier molecular flexibility index (Phi) is 3.66. The van der Waals surface area contributed by atoms with Crippen molar-refractivity contribution in [2.75, 3.05) is 0 Å². The number of rotatable bonds is 2. The van der Waals surface area contributed by atoms with Crippen molar-refractivity contribution in [1.29, 1.82) is 0 Å². The summed E-state index contributed by atoms with van der Waals surface area (Å²) in [5, 5.41) is 0.790. The van der Waals surface area contributed by atoms with Crippen LogP contribution < -0.4 is 0 Å². The maximum Gasteiger partial charge on any atom is 0.245 e. The van der Waals surface area contributed by atoms with E-state index in [1.54, 1.807) is 6.20 Å². The molecule has 0 aliphatic heterocycles. The number of hydrogen-bond acceptors (Lipinski definition) is 3. The van der Waals surface area contributed by atoms with Gasteiger partial charge in [0.15, 0.2) is 0 Å². The highest BCUT2D eigenvalue weighted by molar-refractivity contribution is 6.30. The molecule has 0 fully saturated rings. The molecule has 0 amide bonds. The summed E-state index contributed by atoms with van der Waals surface area (Å²) in [5.74, 6) is 2.09. The molecule has 23 heavy (non-hydrogen) atoms. The van der Waals surface area contributed by atoms with Gasteiger partial charge in [-0.05, 0) is 48.6 Å². The molecule has 1 aliphatic rings. The minimum Gasteiger partial charge on any atom is -0.440 e. The molecule has 1 aliphatic carbocycles. The first kappa shape index (κ1) is 14.5. The molecule has 0 saturated heterocycles. The molecule has 0 N–H and O–H groups in total. The molecule has 3 nitrogen and oxygen atoms in total. The Morgan fingerprint density at radius 1 is 1.22 bits per heavy atom. The van der Waals surface area contributed by atoms with Crippen LogP contribution in [0.25, 0.3) is 11.6 Å². The number of oxazole rings is 1. The van der Waals surface area contributed by atoms with Crippen molar-refractivity contribution in [2.45, 2.75) is 32.1 Å². The lowest BCUT2D eigenvalue weighted by Gasteiger charge is -2.20. The summed E-state index contributed by atoms with van der Waals surface area (Å²) in [6.07, 6.45) is 4.64. The molecule has 4 heteroatoms. The third-order valence-electron chi connectivity index (χ3n) is 4.47. The van der Waals surface area contributed by atoms with Gasteiger partial charge in [-0.15, -0.1) is 0 Å². The van der Waals surface area contributed by atoms with Crippen LogP contribution in [0.15, 0.2) is 47.0 Å². The van der Waals surface area contributed by atoms with E-state index in [4.69, 9.17) is 21.0 Å². The van der Waals surface area contributed by atoms with Gasteiger partial charge >= 0.3 is 0 Å². The van der Waals surface area contributed by atoms with Crippen molar-refractivity contribution in [2.24, 2.45) is 0 Å². The molecule has 0 spiro atoms. The van der Waals surface area contributed by atoms with Gasteiger partial charge in [0.25, 0.3) is 0 Å². The zero-order valence-corrected chi connectivity index (χ0v) is 13.7. The molecule has 1 aromatic carbocycles. The van der Waals surface area contributed by atoms with Crippen LogP contribution in [0, 0.1) is 6.92 Å². The average molecular weight is 325 g/mol. The summed E-state index contributed by atoms with van der Waals surface area (Å²) in [6, 6.07) is 12.1. The molecular weight excluding hydrogens is 308 g/mol. The minimum absolute atomic E-state index is 0.448. The Labute approximate surface area is 140 Å². The molecule has 0 saturated carbocycles. The summed E-state index contributed by atoms with van der Waals surface area (Å²) < 4.78 is 5.98. The van der Waals surface area contributed by atoms with Gasteiger partial charge in [-0.25, -0.2) is 4.98 Å². The first-order chi connectivity index (χ1) is 11.2. The lowest BCUT2D eigenvalue weighted by Crippen LogP contribution is -2.11. The molecule has 0 radical (unpaired) electrons.